The average molecular weight is 358 g/mol. The number of sulfonamides is 1. The van der Waals surface area contributed by atoms with Crippen molar-refractivity contribution in [2.45, 2.75) is 4.90 Å². The third kappa shape index (κ3) is 4.52. The minimum absolute atomic E-state index is 0.148. The van der Waals surface area contributed by atoms with E-state index in [0.717, 1.165) is 6.26 Å². The van der Waals surface area contributed by atoms with Gasteiger partial charge in [0.05, 0.1) is 5.75 Å². The molecule has 0 saturated heterocycles. The lowest BCUT2D eigenvalue weighted by atomic mass is 10.5. The summed E-state index contributed by atoms with van der Waals surface area (Å²) in [5.74, 6) is -0.432. The Morgan fingerprint density at radius 1 is 1.39 bits per heavy atom. The molecule has 18 heavy (non-hydrogen) atoms. The third-order valence-corrected chi connectivity index (χ3v) is 4.77. The zero-order valence-electron chi connectivity index (χ0n) is 9.42. The molecule has 0 aliphatic carbocycles. The summed E-state index contributed by atoms with van der Waals surface area (Å²) in [5.41, 5.74) is 5.46. The number of rotatable bonds is 5. The van der Waals surface area contributed by atoms with E-state index in [0.29, 0.717) is 4.47 Å². The molecule has 10 heteroatoms. The van der Waals surface area contributed by atoms with Gasteiger partial charge in [-0.05, 0) is 22.0 Å². The van der Waals surface area contributed by atoms with Gasteiger partial charge in [-0.1, -0.05) is 0 Å². The Balaban J connectivity index is 2.90. The number of pyridine rings is 1. The molecule has 0 aliphatic heterocycles. The second kappa shape index (κ2) is 5.51. The van der Waals surface area contributed by atoms with Gasteiger partial charge in [0.25, 0.3) is 0 Å². The van der Waals surface area contributed by atoms with Crippen LogP contribution in [0.5, 0.6) is 0 Å². The van der Waals surface area contributed by atoms with Crippen LogP contribution in [0, 0.1) is 0 Å². The van der Waals surface area contributed by atoms with Gasteiger partial charge in [0.2, 0.25) is 10.0 Å². The molecule has 0 spiro atoms. The predicted molar refractivity (Wildman–Crippen MR) is 71.2 cm³/mol. The maximum atomic E-state index is 11.8. The van der Waals surface area contributed by atoms with Crippen molar-refractivity contribution in [2.75, 3.05) is 24.3 Å². The van der Waals surface area contributed by atoms with E-state index in [1.54, 1.807) is 0 Å². The highest BCUT2D eigenvalue weighted by atomic mass is 79.9. The van der Waals surface area contributed by atoms with Crippen molar-refractivity contribution < 1.29 is 16.8 Å². The van der Waals surface area contributed by atoms with Gasteiger partial charge < -0.3 is 5.73 Å². The van der Waals surface area contributed by atoms with E-state index < -0.39 is 19.9 Å². The number of hydrogen-bond acceptors (Lipinski definition) is 6. The summed E-state index contributed by atoms with van der Waals surface area (Å²) >= 11 is 3.08. The number of halogens is 1. The smallest absolute Gasteiger partial charge is 0.244 e. The highest BCUT2D eigenvalue weighted by molar-refractivity contribution is 9.10. The Bertz CT molecular complexity index is 642. The van der Waals surface area contributed by atoms with Gasteiger partial charge in [-0.15, -0.1) is 0 Å². The Morgan fingerprint density at radius 2 is 2.00 bits per heavy atom. The number of nitrogen functional groups attached to an aromatic ring is 1. The molecule has 0 aromatic carbocycles. The van der Waals surface area contributed by atoms with Crippen LogP contribution >= 0.6 is 15.9 Å². The monoisotopic (exact) mass is 357 g/mol. The van der Waals surface area contributed by atoms with Gasteiger partial charge in [0.15, 0.2) is 0 Å². The fourth-order valence-corrected chi connectivity index (χ4v) is 3.31. The van der Waals surface area contributed by atoms with Crippen molar-refractivity contribution in [3.63, 3.8) is 0 Å². The summed E-state index contributed by atoms with van der Waals surface area (Å²) in [6, 6.07) is 1.30. The van der Waals surface area contributed by atoms with Crippen molar-refractivity contribution in [3.05, 3.63) is 16.7 Å². The van der Waals surface area contributed by atoms with Gasteiger partial charge in [0, 0.05) is 23.5 Å². The third-order valence-electron chi connectivity index (χ3n) is 1.90. The van der Waals surface area contributed by atoms with Crippen LogP contribution in [-0.2, 0) is 19.9 Å². The Labute approximate surface area is 114 Å². The number of anilines is 1. The fraction of sp³-hybridized carbons (Fsp3) is 0.375. The lowest BCUT2D eigenvalue weighted by Crippen LogP contribution is -2.29. The first kappa shape index (κ1) is 15.3. The second-order valence-corrected chi connectivity index (χ2v) is 8.48. The molecular weight excluding hydrogens is 346 g/mol. The molecule has 0 aliphatic rings. The molecular formula is C8H12BrN3O4S2. The van der Waals surface area contributed by atoms with Crippen LogP contribution in [0.1, 0.15) is 0 Å². The maximum absolute atomic E-state index is 11.8. The van der Waals surface area contributed by atoms with E-state index in [1.165, 1.54) is 12.3 Å². The van der Waals surface area contributed by atoms with Crippen LogP contribution in [0.25, 0.3) is 0 Å². The summed E-state index contributed by atoms with van der Waals surface area (Å²) < 4.78 is 48.1. The van der Waals surface area contributed by atoms with E-state index in [4.69, 9.17) is 5.73 Å². The molecule has 3 N–H and O–H groups in total. The molecule has 102 valence electrons. The van der Waals surface area contributed by atoms with Gasteiger partial charge in [0.1, 0.15) is 20.6 Å². The number of nitrogens with one attached hydrogen (secondary N) is 1. The van der Waals surface area contributed by atoms with Crippen LogP contribution in [-0.4, -0.2) is 40.4 Å². The van der Waals surface area contributed by atoms with E-state index in [-0.39, 0.29) is 23.0 Å². The van der Waals surface area contributed by atoms with Crippen molar-refractivity contribution in [3.8, 4) is 0 Å². The summed E-state index contributed by atoms with van der Waals surface area (Å²) in [4.78, 5) is 3.51. The largest absolute Gasteiger partial charge is 0.383 e. The molecule has 0 amide bonds. The van der Waals surface area contributed by atoms with Gasteiger partial charge >= 0.3 is 0 Å². The van der Waals surface area contributed by atoms with Crippen LogP contribution in [0.4, 0.5) is 5.82 Å². The first-order chi connectivity index (χ1) is 8.12. The number of hydrogen-bond donors (Lipinski definition) is 2. The molecule has 1 aromatic heterocycles. The fourth-order valence-electron chi connectivity index (χ4n) is 1.09. The highest BCUT2D eigenvalue weighted by Gasteiger charge is 2.19. The Kier molecular flexibility index (Phi) is 4.70. The highest BCUT2D eigenvalue weighted by Crippen LogP contribution is 2.19. The second-order valence-electron chi connectivity index (χ2n) is 3.56. The lowest BCUT2D eigenvalue weighted by Gasteiger charge is -2.08. The first-order valence-electron chi connectivity index (χ1n) is 4.70. The molecule has 0 bridgehead atoms. The van der Waals surface area contributed by atoms with Crippen LogP contribution in [0.15, 0.2) is 21.6 Å². The minimum Gasteiger partial charge on any atom is -0.383 e. The first-order valence-corrected chi connectivity index (χ1v) is 9.04. The van der Waals surface area contributed by atoms with Gasteiger partial charge in [-0.2, -0.15) is 0 Å². The van der Waals surface area contributed by atoms with E-state index in [1.807, 2.05) is 0 Å². The molecule has 1 heterocycles. The average Bonchev–Trinajstić information content (AvgIpc) is 2.19. The van der Waals surface area contributed by atoms with E-state index in [2.05, 4.69) is 25.6 Å². The van der Waals surface area contributed by atoms with Crippen molar-refractivity contribution in [2.24, 2.45) is 0 Å². The quantitative estimate of drug-likeness (QED) is 0.749. The SMILES string of the molecule is CS(=O)(=O)CCNS(=O)(=O)c1cc(Br)cnc1N. The van der Waals surface area contributed by atoms with Crippen molar-refractivity contribution in [1.82, 2.24) is 9.71 Å². The molecule has 7 nitrogen and oxygen atoms in total. The molecule has 0 atom stereocenters. The van der Waals surface area contributed by atoms with Gasteiger partial charge in [-0.3, -0.25) is 0 Å². The Morgan fingerprint density at radius 3 is 2.56 bits per heavy atom. The van der Waals surface area contributed by atoms with E-state index in [9.17, 15) is 16.8 Å². The summed E-state index contributed by atoms with van der Waals surface area (Å²) in [6.45, 7) is -0.215. The zero-order valence-corrected chi connectivity index (χ0v) is 12.6. The summed E-state index contributed by atoms with van der Waals surface area (Å²) in [7, 11) is -7.10. The van der Waals surface area contributed by atoms with Crippen LogP contribution in [0.3, 0.4) is 0 Å². The van der Waals surface area contributed by atoms with Crippen LogP contribution in [0.2, 0.25) is 0 Å². The Hall–Kier alpha value is -0.710. The normalized spacial score (nSPS) is 12.6. The predicted octanol–water partition coefficient (Wildman–Crippen LogP) is -0.251. The van der Waals surface area contributed by atoms with Gasteiger partial charge in [-0.25, -0.2) is 26.5 Å². The molecule has 0 unspecified atom stereocenters. The van der Waals surface area contributed by atoms with E-state index >= 15 is 0 Å². The number of nitrogens with zero attached hydrogens (tertiary/aromatic N) is 1. The van der Waals surface area contributed by atoms with Crippen LogP contribution < -0.4 is 10.5 Å². The summed E-state index contributed by atoms with van der Waals surface area (Å²) in [6.07, 6.45) is 2.39. The number of aromatic nitrogens is 1. The number of nitrogens with two attached hydrogens (primary N) is 1. The maximum Gasteiger partial charge on any atom is 0.244 e. The minimum atomic E-state index is -3.87. The molecule has 0 radical (unpaired) electrons. The molecule has 1 rings (SSSR count). The topological polar surface area (TPSA) is 119 Å². The number of sulfone groups is 1. The molecule has 0 saturated carbocycles. The van der Waals surface area contributed by atoms with Crippen molar-refractivity contribution in [1.29, 1.82) is 0 Å². The molecule has 1 aromatic rings. The lowest BCUT2D eigenvalue weighted by molar-refractivity contribution is 0.582. The molecule has 0 fully saturated rings. The summed E-state index contributed by atoms with van der Waals surface area (Å²) in [5, 5.41) is 0. The zero-order chi connectivity index (χ0) is 14.0. The standard InChI is InChI=1S/C8H12BrN3O4S2/c1-17(13,14)3-2-12-18(15,16)7-4-6(9)5-11-8(7)10/h4-5,12H,2-3H2,1H3,(H2,10,11). The van der Waals surface area contributed by atoms with Crippen molar-refractivity contribution >= 4 is 41.6 Å².